The van der Waals surface area contributed by atoms with Crippen LogP contribution in [0.15, 0.2) is 23.0 Å². The molecule has 0 aliphatic carbocycles. The average Bonchev–Trinajstić information content (AvgIpc) is 3.39. The number of nitrogens with one attached hydrogen (secondary N) is 3. The van der Waals surface area contributed by atoms with E-state index in [-0.39, 0.29) is 11.7 Å². The van der Waals surface area contributed by atoms with E-state index in [4.69, 9.17) is 9.26 Å². The Kier molecular flexibility index (Phi) is 5.61. The maximum Gasteiger partial charge on any atom is 0.291 e. The Hall–Kier alpha value is -3.47. The predicted octanol–water partition coefficient (Wildman–Crippen LogP) is 1.41. The van der Waals surface area contributed by atoms with E-state index in [1.54, 1.807) is 17.8 Å². The summed E-state index contributed by atoms with van der Waals surface area (Å²) in [4.78, 5) is 29.4. The van der Waals surface area contributed by atoms with Crippen molar-refractivity contribution in [1.29, 1.82) is 0 Å². The summed E-state index contributed by atoms with van der Waals surface area (Å²) in [6.45, 7) is 5.63. The Morgan fingerprint density at radius 2 is 1.97 bits per heavy atom. The molecule has 158 valence electrons. The number of amides is 2. The van der Waals surface area contributed by atoms with Crippen molar-refractivity contribution in [2.75, 3.05) is 18.5 Å². The van der Waals surface area contributed by atoms with Gasteiger partial charge in [0.1, 0.15) is 5.76 Å². The first-order valence-electron chi connectivity index (χ1n) is 9.79. The van der Waals surface area contributed by atoms with Crippen LogP contribution in [0.4, 0.5) is 5.69 Å². The molecule has 3 aromatic heterocycles. The second-order valence-corrected chi connectivity index (χ2v) is 7.01. The Labute approximate surface area is 172 Å². The van der Waals surface area contributed by atoms with Crippen LogP contribution in [0.2, 0.25) is 0 Å². The van der Waals surface area contributed by atoms with Gasteiger partial charge < -0.3 is 14.6 Å². The molecule has 0 radical (unpaired) electrons. The van der Waals surface area contributed by atoms with Crippen molar-refractivity contribution >= 4 is 28.5 Å². The number of fused-ring (bicyclic) bond motifs is 1. The van der Waals surface area contributed by atoms with Gasteiger partial charge in [-0.05, 0) is 26.7 Å². The van der Waals surface area contributed by atoms with E-state index in [0.29, 0.717) is 42.4 Å². The zero-order valence-corrected chi connectivity index (χ0v) is 16.8. The smallest absolute Gasteiger partial charge is 0.291 e. The molecular weight excluding hydrogens is 390 g/mol. The quantitative estimate of drug-likeness (QED) is 0.534. The van der Waals surface area contributed by atoms with Crippen molar-refractivity contribution in [1.82, 2.24) is 30.8 Å². The van der Waals surface area contributed by atoms with Gasteiger partial charge in [0.05, 0.1) is 22.8 Å². The third kappa shape index (κ3) is 3.96. The van der Waals surface area contributed by atoms with Crippen LogP contribution in [0.3, 0.4) is 0 Å². The zero-order valence-electron chi connectivity index (χ0n) is 16.8. The SMILES string of the molecule is CCn1ncc2c(NC3CCOCC3)c(C(=O)NNC(=O)c3cc(C)on3)cnc21. The lowest BCUT2D eigenvalue weighted by Gasteiger charge is -2.25. The molecule has 0 bridgehead atoms. The van der Waals surface area contributed by atoms with Crippen molar-refractivity contribution in [3.63, 3.8) is 0 Å². The zero-order chi connectivity index (χ0) is 21.1. The van der Waals surface area contributed by atoms with Crippen LogP contribution in [0.25, 0.3) is 11.0 Å². The summed E-state index contributed by atoms with van der Waals surface area (Å²) >= 11 is 0. The van der Waals surface area contributed by atoms with Gasteiger partial charge in [0, 0.05) is 38.1 Å². The highest BCUT2D eigenvalue weighted by molar-refractivity contribution is 6.07. The summed E-state index contributed by atoms with van der Waals surface area (Å²) in [5.41, 5.74) is 6.47. The third-order valence-corrected chi connectivity index (χ3v) is 4.93. The number of carbonyl (C=O) groups is 2. The van der Waals surface area contributed by atoms with Gasteiger partial charge in [-0.2, -0.15) is 5.10 Å². The van der Waals surface area contributed by atoms with Gasteiger partial charge in [-0.1, -0.05) is 5.16 Å². The minimum absolute atomic E-state index is 0.0751. The van der Waals surface area contributed by atoms with Crippen molar-refractivity contribution in [2.45, 2.75) is 39.3 Å². The molecule has 4 rings (SSSR count). The van der Waals surface area contributed by atoms with Gasteiger partial charge in [0.15, 0.2) is 11.3 Å². The molecule has 0 unspecified atom stereocenters. The maximum absolute atomic E-state index is 12.9. The molecule has 30 heavy (non-hydrogen) atoms. The van der Waals surface area contributed by atoms with E-state index in [2.05, 4.69) is 31.4 Å². The number of aryl methyl sites for hydroxylation is 2. The fourth-order valence-corrected chi connectivity index (χ4v) is 3.35. The van der Waals surface area contributed by atoms with E-state index in [1.165, 1.54) is 12.3 Å². The van der Waals surface area contributed by atoms with E-state index >= 15 is 0 Å². The number of ether oxygens (including phenoxy) is 1. The van der Waals surface area contributed by atoms with Gasteiger partial charge >= 0.3 is 0 Å². The van der Waals surface area contributed by atoms with E-state index in [9.17, 15) is 9.59 Å². The number of hydrogen-bond donors (Lipinski definition) is 3. The van der Waals surface area contributed by atoms with Crippen LogP contribution in [-0.2, 0) is 11.3 Å². The molecule has 0 aromatic carbocycles. The molecule has 0 atom stereocenters. The monoisotopic (exact) mass is 413 g/mol. The van der Waals surface area contributed by atoms with Gasteiger partial charge in [-0.25, -0.2) is 9.67 Å². The van der Waals surface area contributed by atoms with E-state index in [0.717, 1.165) is 18.2 Å². The highest BCUT2D eigenvalue weighted by atomic mass is 16.5. The normalized spacial score (nSPS) is 14.6. The first-order chi connectivity index (χ1) is 14.6. The number of nitrogens with zero attached hydrogens (tertiary/aromatic N) is 4. The minimum atomic E-state index is -0.577. The molecule has 1 saturated heterocycles. The molecule has 1 aliphatic rings. The van der Waals surface area contributed by atoms with Gasteiger partial charge in [-0.15, -0.1) is 0 Å². The number of anilines is 1. The van der Waals surface area contributed by atoms with Gasteiger partial charge in [0.25, 0.3) is 11.8 Å². The topological polar surface area (TPSA) is 136 Å². The molecule has 2 amide bonds. The summed E-state index contributed by atoms with van der Waals surface area (Å²) in [5, 5.41) is 12.2. The van der Waals surface area contributed by atoms with Crippen molar-refractivity contribution in [3.05, 3.63) is 35.5 Å². The average molecular weight is 413 g/mol. The minimum Gasteiger partial charge on any atom is -0.381 e. The maximum atomic E-state index is 12.9. The summed E-state index contributed by atoms with van der Waals surface area (Å²) in [6, 6.07) is 1.64. The number of hydrogen-bond acceptors (Lipinski definition) is 8. The number of pyridine rings is 1. The highest BCUT2D eigenvalue weighted by Gasteiger charge is 2.22. The summed E-state index contributed by atoms with van der Waals surface area (Å²) in [7, 11) is 0. The van der Waals surface area contributed by atoms with Crippen LogP contribution in [0.5, 0.6) is 0 Å². The van der Waals surface area contributed by atoms with E-state index < -0.39 is 11.8 Å². The Balaban J connectivity index is 1.58. The van der Waals surface area contributed by atoms with Crippen molar-refractivity contribution in [3.8, 4) is 0 Å². The third-order valence-electron chi connectivity index (χ3n) is 4.93. The molecule has 0 saturated carbocycles. The van der Waals surface area contributed by atoms with Crippen LogP contribution in [-0.4, -0.2) is 51.0 Å². The van der Waals surface area contributed by atoms with Crippen LogP contribution in [0.1, 0.15) is 46.4 Å². The second-order valence-electron chi connectivity index (χ2n) is 7.01. The van der Waals surface area contributed by atoms with Gasteiger partial charge in [-0.3, -0.25) is 20.4 Å². The number of carbonyl (C=O) groups excluding carboxylic acids is 2. The van der Waals surface area contributed by atoms with Gasteiger partial charge in [0.2, 0.25) is 0 Å². The predicted molar refractivity (Wildman–Crippen MR) is 107 cm³/mol. The molecule has 0 spiro atoms. The second kappa shape index (κ2) is 8.49. The molecule has 3 aromatic rings. The Morgan fingerprint density at radius 1 is 1.20 bits per heavy atom. The fourth-order valence-electron chi connectivity index (χ4n) is 3.35. The largest absolute Gasteiger partial charge is 0.381 e. The summed E-state index contributed by atoms with van der Waals surface area (Å²) in [5.74, 6) is -0.583. The van der Waals surface area contributed by atoms with Crippen LogP contribution < -0.4 is 16.2 Å². The Bertz CT molecular complexity index is 1070. The first-order valence-corrected chi connectivity index (χ1v) is 9.79. The molecule has 4 heterocycles. The standard InChI is InChI=1S/C19H23N7O4/c1-3-26-17-13(10-21-26)16(22-12-4-6-29-7-5-12)14(9-20-17)18(27)23-24-19(28)15-8-11(2)30-25-15/h8-10,12H,3-7H2,1-2H3,(H,20,22)(H,23,27)(H,24,28). The number of aromatic nitrogens is 4. The molecular formula is C19H23N7O4. The van der Waals surface area contributed by atoms with E-state index in [1.807, 2.05) is 6.92 Å². The molecule has 3 N–H and O–H groups in total. The first kappa shape index (κ1) is 19.8. The number of hydrazine groups is 1. The van der Waals surface area contributed by atoms with Crippen LogP contribution in [0, 0.1) is 6.92 Å². The molecule has 11 heteroatoms. The summed E-state index contributed by atoms with van der Waals surface area (Å²) < 4.78 is 12.1. The van der Waals surface area contributed by atoms with Crippen molar-refractivity contribution < 1.29 is 18.8 Å². The molecule has 1 fully saturated rings. The lowest BCUT2D eigenvalue weighted by Crippen LogP contribution is -2.42. The van der Waals surface area contributed by atoms with Crippen molar-refractivity contribution in [2.24, 2.45) is 0 Å². The lowest BCUT2D eigenvalue weighted by atomic mass is 10.1. The highest BCUT2D eigenvalue weighted by Crippen LogP contribution is 2.28. The molecule has 1 aliphatic heterocycles. The lowest BCUT2D eigenvalue weighted by molar-refractivity contribution is 0.0841. The fraction of sp³-hybridized carbons (Fsp3) is 0.421. The number of rotatable bonds is 5. The Morgan fingerprint density at radius 3 is 2.67 bits per heavy atom. The molecule has 11 nitrogen and oxygen atoms in total. The van der Waals surface area contributed by atoms with Crippen LogP contribution >= 0.6 is 0 Å². The summed E-state index contributed by atoms with van der Waals surface area (Å²) in [6.07, 6.45) is 4.84.